The van der Waals surface area contributed by atoms with Crippen LogP contribution in [0.2, 0.25) is 0 Å². The molecule has 0 unspecified atom stereocenters. The summed E-state index contributed by atoms with van der Waals surface area (Å²) < 4.78 is 18.3. The van der Waals surface area contributed by atoms with Crippen molar-refractivity contribution in [2.75, 3.05) is 20.2 Å². The molecule has 1 saturated heterocycles. The summed E-state index contributed by atoms with van der Waals surface area (Å²) in [6, 6.07) is 11.9. The summed E-state index contributed by atoms with van der Waals surface area (Å²) in [6.45, 7) is 1.51. The fourth-order valence-electron chi connectivity index (χ4n) is 4.03. The van der Waals surface area contributed by atoms with E-state index in [1.54, 1.807) is 19.2 Å². The van der Waals surface area contributed by atoms with Crippen molar-refractivity contribution >= 4 is 22.7 Å². The maximum Gasteiger partial charge on any atom is 0.227 e. The molecule has 2 amide bonds. The molecular formula is C24H26FN3O3. The normalized spacial score (nSPS) is 14.6. The summed E-state index contributed by atoms with van der Waals surface area (Å²) in [7, 11) is 1.62. The van der Waals surface area contributed by atoms with Gasteiger partial charge < -0.3 is 19.9 Å². The first-order valence-electron chi connectivity index (χ1n) is 10.5. The maximum absolute atomic E-state index is 13.0. The molecule has 31 heavy (non-hydrogen) atoms. The van der Waals surface area contributed by atoms with Crippen molar-refractivity contribution in [1.29, 1.82) is 0 Å². The molecule has 1 aliphatic rings. The first-order valence-corrected chi connectivity index (χ1v) is 10.5. The molecule has 0 atom stereocenters. The second-order valence-corrected chi connectivity index (χ2v) is 7.90. The Balaban J connectivity index is 1.28. The third-order valence-electron chi connectivity index (χ3n) is 5.91. The summed E-state index contributed by atoms with van der Waals surface area (Å²) in [4.78, 5) is 30.3. The summed E-state index contributed by atoms with van der Waals surface area (Å²) in [5.41, 5.74) is 2.77. The Morgan fingerprint density at radius 1 is 1.16 bits per heavy atom. The highest BCUT2D eigenvalue weighted by molar-refractivity contribution is 5.90. The van der Waals surface area contributed by atoms with E-state index in [-0.39, 0.29) is 23.5 Å². The fourth-order valence-corrected chi connectivity index (χ4v) is 4.03. The molecule has 0 aliphatic carbocycles. The molecule has 1 fully saturated rings. The number of piperidine rings is 1. The van der Waals surface area contributed by atoms with Crippen molar-refractivity contribution in [1.82, 2.24) is 15.2 Å². The Kier molecular flexibility index (Phi) is 6.21. The van der Waals surface area contributed by atoms with Gasteiger partial charge in [0.2, 0.25) is 11.8 Å². The van der Waals surface area contributed by atoms with Gasteiger partial charge in [0, 0.05) is 42.7 Å². The number of fused-ring (bicyclic) bond motifs is 1. The number of H-pyrrole nitrogens is 1. The molecule has 162 valence electrons. The second-order valence-electron chi connectivity index (χ2n) is 7.90. The Labute approximate surface area is 180 Å². The summed E-state index contributed by atoms with van der Waals surface area (Å²) in [5, 5.41) is 3.91. The van der Waals surface area contributed by atoms with E-state index in [0.717, 1.165) is 27.8 Å². The number of nitrogens with one attached hydrogen (secondary N) is 2. The minimum atomic E-state index is -0.293. The number of hydrogen-bond acceptors (Lipinski definition) is 3. The minimum Gasteiger partial charge on any atom is -0.497 e. The number of methoxy groups -OCH3 is 1. The Bertz CT molecular complexity index is 1070. The molecule has 0 saturated carbocycles. The van der Waals surface area contributed by atoms with Gasteiger partial charge in [-0.1, -0.05) is 12.1 Å². The van der Waals surface area contributed by atoms with E-state index in [1.165, 1.54) is 12.1 Å². The van der Waals surface area contributed by atoms with Crippen LogP contribution in [0.15, 0.2) is 48.7 Å². The number of carbonyl (C=O) groups is 2. The van der Waals surface area contributed by atoms with E-state index in [1.807, 2.05) is 29.3 Å². The van der Waals surface area contributed by atoms with Crippen LogP contribution in [0, 0.1) is 11.7 Å². The molecule has 6 nitrogen and oxygen atoms in total. The van der Waals surface area contributed by atoms with E-state index in [9.17, 15) is 14.0 Å². The summed E-state index contributed by atoms with van der Waals surface area (Å²) in [5.74, 6) is 0.406. The zero-order valence-corrected chi connectivity index (χ0v) is 17.5. The highest BCUT2D eigenvalue weighted by atomic mass is 19.1. The predicted octanol–water partition coefficient (Wildman–Crippen LogP) is 3.41. The topological polar surface area (TPSA) is 74.4 Å². The lowest BCUT2D eigenvalue weighted by Crippen LogP contribution is -2.43. The number of benzene rings is 2. The van der Waals surface area contributed by atoms with Crippen LogP contribution in [-0.4, -0.2) is 41.9 Å². The number of hydrogen-bond donors (Lipinski definition) is 2. The molecule has 1 aromatic heterocycles. The van der Waals surface area contributed by atoms with Crippen molar-refractivity contribution in [2.24, 2.45) is 5.92 Å². The van der Waals surface area contributed by atoms with Gasteiger partial charge in [-0.3, -0.25) is 9.59 Å². The van der Waals surface area contributed by atoms with Gasteiger partial charge in [0.1, 0.15) is 11.6 Å². The lowest BCUT2D eigenvalue weighted by molar-refractivity contribution is -0.135. The molecule has 3 aromatic rings. The lowest BCUT2D eigenvalue weighted by atomic mass is 9.95. The van der Waals surface area contributed by atoms with Gasteiger partial charge in [-0.2, -0.15) is 0 Å². The third kappa shape index (κ3) is 4.87. The number of ether oxygens (including phenoxy) is 1. The first kappa shape index (κ1) is 20.9. The standard InChI is InChI=1S/C24H26FN3O3/c1-31-20-6-7-22-21(13-20)18(15-26-22)12-23(29)28-10-8-17(9-11-28)24(30)27-14-16-2-4-19(25)5-3-16/h2-7,13,15,17,26H,8-12,14H2,1H3,(H,27,30). The summed E-state index contributed by atoms with van der Waals surface area (Å²) in [6.07, 6.45) is 3.47. The van der Waals surface area contributed by atoms with Crippen LogP contribution < -0.4 is 10.1 Å². The Morgan fingerprint density at radius 2 is 1.90 bits per heavy atom. The van der Waals surface area contributed by atoms with Gasteiger partial charge in [-0.25, -0.2) is 4.39 Å². The van der Waals surface area contributed by atoms with Crippen molar-refractivity contribution < 1.29 is 18.7 Å². The molecule has 1 aliphatic heterocycles. The van der Waals surface area contributed by atoms with Crippen LogP contribution >= 0.6 is 0 Å². The molecule has 0 radical (unpaired) electrons. The monoisotopic (exact) mass is 423 g/mol. The Hall–Kier alpha value is -3.35. The predicted molar refractivity (Wildman–Crippen MR) is 116 cm³/mol. The number of aromatic nitrogens is 1. The first-order chi connectivity index (χ1) is 15.0. The number of amides is 2. The number of nitrogens with zero attached hydrogens (tertiary/aromatic N) is 1. The smallest absolute Gasteiger partial charge is 0.227 e. The molecule has 0 bridgehead atoms. The van der Waals surface area contributed by atoms with Gasteiger partial charge >= 0.3 is 0 Å². The minimum absolute atomic E-state index is 0.0138. The van der Waals surface area contributed by atoms with Crippen molar-refractivity contribution in [3.63, 3.8) is 0 Å². The number of rotatable bonds is 6. The highest BCUT2D eigenvalue weighted by Crippen LogP contribution is 2.25. The molecule has 0 spiro atoms. The molecular weight excluding hydrogens is 397 g/mol. The largest absolute Gasteiger partial charge is 0.497 e. The van der Waals surface area contributed by atoms with Crippen LogP contribution in [0.4, 0.5) is 4.39 Å². The van der Waals surface area contributed by atoms with E-state index < -0.39 is 0 Å². The van der Waals surface area contributed by atoms with Crippen LogP contribution in [0.25, 0.3) is 10.9 Å². The SMILES string of the molecule is COc1ccc2[nH]cc(CC(=O)N3CCC(C(=O)NCc4ccc(F)cc4)CC3)c2c1. The number of halogens is 1. The quantitative estimate of drug-likeness (QED) is 0.638. The summed E-state index contributed by atoms with van der Waals surface area (Å²) >= 11 is 0. The maximum atomic E-state index is 13.0. The molecule has 7 heteroatoms. The van der Waals surface area contributed by atoms with Crippen molar-refractivity contribution in [2.45, 2.75) is 25.8 Å². The number of aromatic amines is 1. The highest BCUT2D eigenvalue weighted by Gasteiger charge is 2.27. The van der Waals surface area contributed by atoms with E-state index in [0.29, 0.717) is 38.9 Å². The van der Waals surface area contributed by atoms with Gasteiger partial charge in [0.05, 0.1) is 13.5 Å². The second kappa shape index (κ2) is 9.20. The van der Waals surface area contributed by atoms with Crippen molar-refractivity contribution in [3.05, 3.63) is 65.6 Å². The number of likely N-dealkylation sites (tertiary alicyclic amines) is 1. The van der Waals surface area contributed by atoms with Gasteiger partial charge in [0.25, 0.3) is 0 Å². The fraction of sp³-hybridized carbons (Fsp3) is 0.333. The average molecular weight is 423 g/mol. The number of carbonyl (C=O) groups excluding carboxylic acids is 2. The van der Waals surface area contributed by atoms with Crippen LogP contribution in [0.3, 0.4) is 0 Å². The van der Waals surface area contributed by atoms with E-state index in [4.69, 9.17) is 4.74 Å². The van der Waals surface area contributed by atoms with Crippen LogP contribution in [0.1, 0.15) is 24.0 Å². The van der Waals surface area contributed by atoms with Crippen molar-refractivity contribution in [3.8, 4) is 5.75 Å². The van der Waals surface area contributed by atoms with Gasteiger partial charge in [0.15, 0.2) is 0 Å². The molecule has 2 N–H and O–H groups in total. The van der Waals surface area contributed by atoms with Gasteiger partial charge in [-0.05, 0) is 54.3 Å². The average Bonchev–Trinajstić information content (AvgIpc) is 3.20. The zero-order valence-electron chi connectivity index (χ0n) is 17.5. The lowest BCUT2D eigenvalue weighted by Gasteiger charge is -2.31. The third-order valence-corrected chi connectivity index (χ3v) is 5.91. The zero-order chi connectivity index (χ0) is 21.8. The van der Waals surface area contributed by atoms with Crippen LogP contribution in [0.5, 0.6) is 5.75 Å². The van der Waals surface area contributed by atoms with Crippen LogP contribution in [-0.2, 0) is 22.6 Å². The van der Waals surface area contributed by atoms with E-state index >= 15 is 0 Å². The van der Waals surface area contributed by atoms with Gasteiger partial charge in [-0.15, -0.1) is 0 Å². The van der Waals surface area contributed by atoms with E-state index in [2.05, 4.69) is 10.3 Å². The molecule has 2 aromatic carbocycles. The molecule has 2 heterocycles. The molecule has 4 rings (SSSR count). The Morgan fingerprint density at radius 3 is 2.61 bits per heavy atom.